The number of hydrogen-bond acceptors (Lipinski definition) is 6. The number of amidine groups is 1. The number of sulfonamides is 1. The lowest BCUT2D eigenvalue weighted by molar-refractivity contribution is -0.125. The van der Waals surface area contributed by atoms with E-state index in [0.29, 0.717) is 31.4 Å². The molecule has 4 rings (SSSR count). The average molecular weight is 573 g/mol. The molecule has 0 unspecified atom stereocenters. The average Bonchev–Trinajstić information content (AvgIpc) is 3.46. The predicted molar refractivity (Wildman–Crippen MR) is 158 cm³/mol. The van der Waals surface area contributed by atoms with E-state index in [1.54, 1.807) is 23.1 Å². The number of carbonyl (C=O) groups excluding carboxylic acids is 2. The standard InChI is InChI=1S/C30H44N4O5S/c1-3-4-5-6-7-8-9-10-27-31-29(37)30(32-27)16-18-33(19-17-30)40(38,39)20-15-24-11-12-25(21-23(24)2)34-26(22-35)13-14-28(34)36/h11-12,15,20-21,26,35H,3-10,13-14,16-19,22H2,1-2H3,(H,31,32,37)/t26-/m0/s1. The normalized spacial score (nSPS) is 21.5. The van der Waals surface area contributed by atoms with Gasteiger partial charge in [-0.05, 0) is 61.9 Å². The first kappa shape index (κ1) is 30.4. The number of aliphatic hydroxyl groups excluding tert-OH is 1. The summed E-state index contributed by atoms with van der Waals surface area (Å²) in [5.41, 5.74) is 1.44. The number of carbonyl (C=O) groups is 2. The van der Waals surface area contributed by atoms with E-state index in [1.165, 1.54) is 41.8 Å². The van der Waals surface area contributed by atoms with Crippen LogP contribution in [0.5, 0.6) is 0 Å². The third-order valence-corrected chi connectivity index (χ3v) is 10.0. The van der Waals surface area contributed by atoms with Crippen LogP contribution in [-0.2, 0) is 19.6 Å². The number of aliphatic hydroxyl groups is 1. The number of amides is 2. The van der Waals surface area contributed by atoms with Crippen LogP contribution < -0.4 is 10.2 Å². The second kappa shape index (κ2) is 13.4. The maximum atomic E-state index is 13.1. The van der Waals surface area contributed by atoms with Gasteiger partial charge in [-0.3, -0.25) is 14.6 Å². The summed E-state index contributed by atoms with van der Waals surface area (Å²) >= 11 is 0. The molecule has 2 fully saturated rings. The smallest absolute Gasteiger partial charge is 0.253 e. The van der Waals surface area contributed by atoms with E-state index in [2.05, 4.69) is 12.2 Å². The van der Waals surface area contributed by atoms with Gasteiger partial charge in [-0.15, -0.1) is 0 Å². The molecular formula is C30H44N4O5S. The minimum Gasteiger partial charge on any atom is -0.394 e. The largest absolute Gasteiger partial charge is 0.394 e. The minimum atomic E-state index is -3.68. The summed E-state index contributed by atoms with van der Waals surface area (Å²) in [6.07, 6.45) is 12.5. The fourth-order valence-corrected chi connectivity index (χ4v) is 7.10. The zero-order valence-corrected chi connectivity index (χ0v) is 24.7. The summed E-state index contributed by atoms with van der Waals surface area (Å²) in [4.78, 5) is 31.5. The number of anilines is 1. The van der Waals surface area contributed by atoms with E-state index in [0.717, 1.165) is 36.2 Å². The fourth-order valence-electron chi connectivity index (χ4n) is 5.91. The lowest BCUT2D eigenvalue weighted by atomic mass is 9.89. The van der Waals surface area contributed by atoms with Crippen molar-refractivity contribution in [1.82, 2.24) is 9.62 Å². The van der Waals surface area contributed by atoms with Crippen molar-refractivity contribution in [2.75, 3.05) is 24.6 Å². The molecule has 0 radical (unpaired) electrons. The van der Waals surface area contributed by atoms with E-state index in [9.17, 15) is 23.1 Å². The summed E-state index contributed by atoms with van der Waals surface area (Å²) in [6, 6.07) is 5.21. The van der Waals surface area contributed by atoms with Gasteiger partial charge in [0, 0.05) is 37.0 Å². The molecule has 0 saturated carbocycles. The number of hydrogen-bond donors (Lipinski definition) is 2. The predicted octanol–water partition coefficient (Wildman–Crippen LogP) is 4.29. The Morgan fingerprint density at radius 3 is 2.48 bits per heavy atom. The first-order chi connectivity index (χ1) is 19.2. The van der Waals surface area contributed by atoms with Gasteiger partial charge in [0.1, 0.15) is 11.4 Å². The van der Waals surface area contributed by atoms with Crippen LogP contribution >= 0.6 is 0 Å². The first-order valence-electron chi connectivity index (χ1n) is 14.8. The Hall–Kier alpha value is -2.56. The van der Waals surface area contributed by atoms with E-state index < -0.39 is 15.6 Å². The lowest BCUT2D eigenvalue weighted by Gasteiger charge is -2.34. The summed E-state index contributed by atoms with van der Waals surface area (Å²) in [6.45, 7) is 4.48. The minimum absolute atomic E-state index is 0.0163. The number of nitrogens with one attached hydrogen (secondary N) is 1. The Kier molecular flexibility index (Phi) is 10.2. The van der Waals surface area contributed by atoms with Crippen molar-refractivity contribution < 1.29 is 23.1 Å². The number of aliphatic imine (C=N–C) groups is 1. The number of rotatable bonds is 13. The quantitative estimate of drug-likeness (QED) is 0.342. The Morgan fingerprint density at radius 2 is 1.80 bits per heavy atom. The lowest BCUT2D eigenvalue weighted by Crippen LogP contribution is -2.50. The second-order valence-corrected chi connectivity index (χ2v) is 13.2. The van der Waals surface area contributed by atoms with Crippen LogP contribution in [0, 0.1) is 6.92 Å². The second-order valence-electron chi connectivity index (χ2n) is 11.3. The van der Waals surface area contributed by atoms with Gasteiger partial charge in [-0.25, -0.2) is 8.42 Å². The van der Waals surface area contributed by atoms with E-state index in [1.807, 2.05) is 13.0 Å². The Bertz CT molecular complexity index is 1230. The Morgan fingerprint density at radius 1 is 1.10 bits per heavy atom. The van der Waals surface area contributed by atoms with Gasteiger partial charge < -0.3 is 15.3 Å². The van der Waals surface area contributed by atoms with Crippen molar-refractivity contribution in [1.29, 1.82) is 0 Å². The third-order valence-electron chi connectivity index (χ3n) is 8.44. The van der Waals surface area contributed by atoms with Crippen molar-refractivity contribution >= 4 is 39.4 Å². The van der Waals surface area contributed by atoms with Crippen LogP contribution in [0.2, 0.25) is 0 Å². The molecular weight excluding hydrogens is 528 g/mol. The molecule has 0 aliphatic carbocycles. The van der Waals surface area contributed by atoms with Crippen molar-refractivity contribution in [2.24, 2.45) is 4.99 Å². The highest BCUT2D eigenvalue weighted by Crippen LogP contribution is 2.33. The van der Waals surface area contributed by atoms with Crippen molar-refractivity contribution in [2.45, 2.75) is 102 Å². The Labute approximate surface area is 238 Å². The molecule has 1 atom stereocenters. The number of benzene rings is 1. The van der Waals surface area contributed by atoms with Gasteiger partial charge >= 0.3 is 0 Å². The number of nitrogens with zero attached hydrogens (tertiary/aromatic N) is 3. The SMILES string of the molecule is CCCCCCCCCC1=NC2(CCN(S(=O)(=O)C=Cc3ccc(N4C(=O)CC[C@H]4CO)cc3C)CC2)C(=O)N1. The molecule has 1 aromatic rings. The van der Waals surface area contributed by atoms with E-state index in [4.69, 9.17) is 4.99 Å². The summed E-state index contributed by atoms with van der Waals surface area (Å²) in [5, 5.41) is 13.8. The van der Waals surface area contributed by atoms with Gasteiger partial charge in [0.2, 0.25) is 15.9 Å². The van der Waals surface area contributed by atoms with Crippen LogP contribution in [-0.4, -0.2) is 66.8 Å². The number of unbranched alkanes of at least 4 members (excludes halogenated alkanes) is 6. The van der Waals surface area contributed by atoms with Crippen LogP contribution in [0.25, 0.3) is 6.08 Å². The van der Waals surface area contributed by atoms with Crippen LogP contribution in [0.1, 0.15) is 95.1 Å². The van der Waals surface area contributed by atoms with Crippen molar-refractivity contribution in [3.8, 4) is 0 Å². The zero-order valence-electron chi connectivity index (χ0n) is 23.9. The fraction of sp³-hybridized carbons (Fsp3) is 0.633. The molecule has 10 heteroatoms. The highest BCUT2D eigenvalue weighted by Gasteiger charge is 2.46. The van der Waals surface area contributed by atoms with E-state index in [-0.39, 0.29) is 37.6 Å². The molecule has 1 aromatic carbocycles. The molecule has 3 aliphatic rings. The molecule has 2 N–H and O–H groups in total. The van der Waals surface area contributed by atoms with Crippen LogP contribution in [0.4, 0.5) is 5.69 Å². The maximum absolute atomic E-state index is 13.1. The highest BCUT2D eigenvalue weighted by molar-refractivity contribution is 7.92. The van der Waals surface area contributed by atoms with Crippen molar-refractivity contribution in [3.63, 3.8) is 0 Å². The molecule has 3 aliphatic heterocycles. The number of piperidine rings is 1. The van der Waals surface area contributed by atoms with E-state index >= 15 is 0 Å². The van der Waals surface area contributed by atoms with Gasteiger partial charge in [-0.1, -0.05) is 51.5 Å². The monoisotopic (exact) mass is 572 g/mol. The van der Waals surface area contributed by atoms with Gasteiger partial charge in [0.25, 0.3) is 5.91 Å². The molecule has 9 nitrogen and oxygen atoms in total. The molecule has 40 heavy (non-hydrogen) atoms. The topological polar surface area (TPSA) is 119 Å². The molecule has 1 spiro atoms. The maximum Gasteiger partial charge on any atom is 0.253 e. The van der Waals surface area contributed by atoms with Gasteiger partial charge in [0.15, 0.2) is 0 Å². The van der Waals surface area contributed by atoms with Crippen LogP contribution in [0.3, 0.4) is 0 Å². The van der Waals surface area contributed by atoms with Gasteiger partial charge in [-0.2, -0.15) is 4.31 Å². The summed E-state index contributed by atoms with van der Waals surface area (Å²) < 4.78 is 27.6. The Balaban J connectivity index is 1.31. The molecule has 2 amide bonds. The molecule has 3 heterocycles. The van der Waals surface area contributed by atoms with Crippen molar-refractivity contribution in [3.05, 3.63) is 34.7 Å². The molecule has 220 valence electrons. The van der Waals surface area contributed by atoms with Crippen LogP contribution in [0.15, 0.2) is 28.6 Å². The number of aryl methyl sites for hydroxylation is 1. The highest BCUT2D eigenvalue weighted by atomic mass is 32.2. The molecule has 2 saturated heterocycles. The zero-order chi connectivity index (χ0) is 28.8. The molecule has 0 aromatic heterocycles. The first-order valence-corrected chi connectivity index (χ1v) is 16.3. The third kappa shape index (κ3) is 7.01. The molecule has 0 bridgehead atoms. The summed E-state index contributed by atoms with van der Waals surface area (Å²) in [5.74, 6) is 0.626. The summed E-state index contributed by atoms with van der Waals surface area (Å²) in [7, 11) is -3.68. The van der Waals surface area contributed by atoms with Gasteiger partial charge in [0.05, 0.1) is 12.6 Å².